The lowest BCUT2D eigenvalue weighted by Gasteiger charge is -2.26. The lowest BCUT2D eigenvalue weighted by atomic mass is 10.00. The largest absolute Gasteiger partial charge is 0.383 e. The van der Waals surface area contributed by atoms with Gasteiger partial charge >= 0.3 is 6.03 Å². The fourth-order valence-electron chi connectivity index (χ4n) is 4.71. The molecule has 1 atom stereocenters. The van der Waals surface area contributed by atoms with Gasteiger partial charge in [0.25, 0.3) is 5.91 Å². The number of hydrogen-bond acceptors (Lipinski definition) is 7. The van der Waals surface area contributed by atoms with Gasteiger partial charge in [0.2, 0.25) is 0 Å². The first-order chi connectivity index (χ1) is 19.4. The molecule has 3 amide bonds. The lowest BCUT2D eigenvalue weighted by Crippen LogP contribution is -2.40. The summed E-state index contributed by atoms with van der Waals surface area (Å²) < 4.78 is 12.4. The van der Waals surface area contributed by atoms with Crippen LogP contribution in [0.25, 0.3) is 16.8 Å². The molecule has 1 unspecified atom stereocenters. The summed E-state index contributed by atoms with van der Waals surface area (Å²) in [5, 5.41) is 9.17. The SMILES string of the molecule is COCC(C)NC(=O)Nc1cccc(-c2cc(Nc3ccc(C(=O)N4CCOCC4)cn3)c3nccn3c2)c1C. The Balaban J connectivity index is 1.38. The lowest BCUT2D eigenvalue weighted by molar-refractivity contribution is 0.0302. The number of pyridine rings is 2. The van der Waals surface area contributed by atoms with Crippen molar-refractivity contribution in [2.24, 2.45) is 0 Å². The van der Waals surface area contributed by atoms with Crippen LogP contribution in [0.5, 0.6) is 0 Å². The minimum atomic E-state index is -0.293. The van der Waals surface area contributed by atoms with Gasteiger partial charge in [-0.1, -0.05) is 12.1 Å². The third kappa shape index (κ3) is 6.05. The summed E-state index contributed by atoms with van der Waals surface area (Å²) >= 11 is 0. The van der Waals surface area contributed by atoms with Gasteiger partial charge < -0.3 is 34.7 Å². The molecule has 3 N–H and O–H groups in total. The average molecular weight is 544 g/mol. The Morgan fingerprint density at radius 2 is 1.95 bits per heavy atom. The molecule has 0 bridgehead atoms. The van der Waals surface area contributed by atoms with Crippen molar-refractivity contribution in [2.45, 2.75) is 19.9 Å². The molecule has 4 heterocycles. The van der Waals surface area contributed by atoms with E-state index in [1.165, 1.54) is 0 Å². The van der Waals surface area contributed by atoms with E-state index in [1.54, 1.807) is 36.5 Å². The molecule has 3 aromatic heterocycles. The Labute approximate surface area is 232 Å². The van der Waals surface area contributed by atoms with Crippen LogP contribution in [0.4, 0.5) is 22.0 Å². The highest BCUT2D eigenvalue weighted by atomic mass is 16.5. The highest BCUT2D eigenvalue weighted by Crippen LogP contribution is 2.32. The molecular formula is C29H33N7O4. The van der Waals surface area contributed by atoms with Crippen LogP contribution in [0.2, 0.25) is 0 Å². The smallest absolute Gasteiger partial charge is 0.319 e. The number of aromatic nitrogens is 3. The summed E-state index contributed by atoms with van der Waals surface area (Å²) in [6.07, 6.45) is 7.20. The van der Waals surface area contributed by atoms with Gasteiger partial charge in [-0.15, -0.1) is 0 Å². The predicted octanol–water partition coefficient (Wildman–Crippen LogP) is 4.08. The maximum absolute atomic E-state index is 12.8. The van der Waals surface area contributed by atoms with Crippen LogP contribution in [0, 0.1) is 6.92 Å². The van der Waals surface area contributed by atoms with Gasteiger partial charge in [-0.25, -0.2) is 14.8 Å². The molecule has 0 radical (unpaired) electrons. The van der Waals surface area contributed by atoms with Crippen molar-refractivity contribution >= 4 is 34.8 Å². The first-order valence-electron chi connectivity index (χ1n) is 13.2. The van der Waals surface area contributed by atoms with E-state index in [9.17, 15) is 9.59 Å². The standard InChI is InChI=1S/C29H33N7O4/c1-19(18-39-3)32-29(38)34-24-6-4-5-23(20(24)2)22-15-25(27-30-9-10-36(27)17-22)33-26-8-7-21(16-31-26)28(37)35-11-13-40-14-12-35/h4-10,15-17,19H,11-14,18H2,1-3H3,(H,31,33)(H2,32,34,38). The molecule has 0 spiro atoms. The fraction of sp³-hybridized carbons (Fsp3) is 0.310. The van der Waals surface area contributed by atoms with E-state index < -0.39 is 0 Å². The Morgan fingerprint density at radius 1 is 1.12 bits per heavy atom. The van der Waals surface area contributed by atoms with Crippen molar-refractivity contribution in [1.82, 2.24) is 24.6 Å². The van der Waals surface area contributed by atoms with Crippen LogP contribution in [-0.4, -0.2) is 77.3 Å². The third-order valence-electron chi connectivity index (χ3n) is 6.75. The van der Waals surface area contributed by atoms with E-state index in [4.69, 9.17) is 9.47 Å². The van der Waals surface area contributed by atoms with Crippen molar-refractivity contribution in [2.75, 3.05) is 50.7 Å². The number of nitrogens with zero attached hydrogens (tertiary/aromatic N) is 4. The normalized spacial score (nSPS) is 14.1. The number of methoxy groups -OCH3 is 1. The Bertz CT molecular complexity index is 1500. The van der Waals surface area contributed by atoms with Crippen LogP contribution in [0.1, 0.15) is 22.8 Å². The molecule has 1 fully saturated rings. The van der Waals surface area contributed by atoms with E-state index in [0.29, 0.717) is 50.0 Å². The van der Waals surface area contributed by atoms with Crippen molar-refractivity contribution in [3.05, 3.63) is 72.3 Å². The van der Waals surface area contributed by atoms with Gasteiger partial charge in [0.15, 0.2) is 5.65 Å². The van der Waals surface area contributed by atoms with Crippen molar-refractivity contribution < 1.29 is 19.1 Å². The number of rotatable bonds is 8. The predicted molar refractivity (Wildman–Crippen MR) is 153 cm³/mol. The minimum Gasteiger partial charge on any atom is -0.383 e. The fourth-order valence-corrected chi connectivity index (χ4v) is 4.71. The number of imidazole rings is 1. The molecule has 4 aromatic rings. The summed E-state index contributed by atoms with van der Waals surface area (Å²) in [5.41, 5.74) is 5.55. The quantitative estimate of drug-likeness (QED) is 0.306. The zero-order chi connectivity index (χ0) is 28.1. The van der Waals surface area contributed by atoms with Gasteiger partial charge in [0.1, 0.15) is 5.82 Å². The maximum atomic E-state index is 12.8. The molecule has 1 saturated heterocycles. The zero-order valence-electron chi connectivity index (χ0n) is 22.8. The number of hydrogen-bond donors (Lipinski definition) is 3. The molecule has 0 saturated carbocycles. The number of ether oxygens (including phenoxy) is 2. The zero-order valence-corrected chi connectivity index (χ0v) is 22.8. The number of fused-ring (bicyclic) bond motifs is 1. The van der Waals surface area contributed by atoms with Crippen LogP contribution in [0.15, 0.2) is 61.2 Å². The number of carbonyl (C=O) groups excluding carboxylic acids is 2. The molecule has 5 rings (SSSR count). The van der Waals surface area contributed by atoms with Crippen LogP contribution < -0.4 is 16.0 Å². The second-order valence-electron chi connectivity index (χ2n) is 9.70. The van der Waals surface area contributed by atoms with Crippen molar-refractivity contribution in [3.8, 4) is 11.1 Å². The number of anilines is 3. The Morgan fingerprint density at radius 3 is 2.70 bits per heavy atom. The van der Waals surface area contributed by atoms with Crippen LogP contribution in [-0.2, 0) is 9.47 Å². The highest BCUT2D eigenvalue weighted by molar-refractivity contribution is 5.94. The minimum absolute atomic E-state index is 0.0502. The summed E-state index contributed by atoms with van der Waals surface area (Å²) in [6, 6.07) is 11.0. The summed E-state index contributed by atoms with van der Waals surface area (Å²) in [7, 11) is 1.60. The van der Waals surface area contributed by atoms with E-state index in [0.717, 1.165) is 28.0 Å². The summed E-state index contributed by atoms with van der Waals surface area (Å²) in [4.78, 5) is 36.1. The van der Waals surface area contributed by atoms with E-state index >= 15 is 0 Å². The monoisotopic (exact) mass is 543 g/mol. The number of morpholine rings is 1. The van der Waals surface area contributed by atoms with Gasteiger partial charge in [-0.2, -0.15) is 0 Å². The van der Waals surface area contributed by atoms with E-state index in [2.05, 4.69) is 25.9 Å². The van der Waals surface area contributed by atoms with Gasteiger partial charge in [-0.3, -0.25) is 4.79 Å². The average Bonchev–Trinajstić information content (AvgIpc) is 3.44. The molecule has 11 nitrogen and oxygen atoms in total. The molecule has 208 valence electrons. The van der Waals surface area contributed by atoms with E-state index in [1.807, 2.05) is 54.9 Å². The Hall–Kier alpha value is -4.48. The number of carbonyl (C=O) groups is 2. The molecule has 1 aliphatic heterocycles. The Kier molecular flexibility index (Phi) is 8.23. The van der Waals surface area contributed by atoms with Crippen molar-refractivity contribution in [1.29, 1.82) is 0 Å². The molecule has 1 aromatic carbocycles. The molecule has 1 aliphatic rings. The number of benzene rings is 1. The van der Waals surface area contributed by atoms with E-state index in [-0.39, 0.29) is 18.0 Å². The maximum Gasteiger partial charge on any atom is 0.319 e. The highest BCUT2D eigenvalue weighted by Gasteiger charge is 2.19. The molecule has 11 heteroatoms. The molecule has 40 heavy (non-hydrogen) atoms. The van der Waals surface area contributed by atoms with Crippen LogP contribution in [0.3, 0.4) is 0 Å². The molecular weight excluding hydrogens is 510 g/mol. The second kappa shape index (κ2) is 12.1. The first-order valence-corrected chi connectivity index (χ1v) is 13.2. The van der Waals surface area contributed by atoms with Gasteiger partial charge in [0, 0.05) is 56.2 Å². The summed E-state index contributed by atoms with van der Waals surface area (Å²) in [6.45, 7) is 6.54. The summed E-state index contributed by atoms with van der Waals surface area (Å²) in [5.74, 6) is 0.542. The van der Waals surface area contributed by atoms with Gasteiger partial charge in [0.05, 0.1) is 37.1 Å². The van der Waals surface area contributed by atoms with Crippen LogP contribution >= 0.6 is 0 Å². The number of amides is 3. The van der Waals surface area contributed by atoms with Crippen molar-refractivity contribution in [3.63, 3.8) is 0 Å². The topological polar surface area (TPSA) is 122 Å². The third-order valence-corrected chi connectivity index (χ3v) is 6.75. The second-order valence-corrected chi connectivity index (χ2v) is 9.70. The first kappa shape index (κ1) is 27.1. The number of nitrogens with one attached hydrogen (secondary N) is 3. The van der Waals surface area contributed by atoms with Gasteiger partial charge in [-0.05, 0) is 49.2 Å². The number of urea groups is 1. The molecule has 0 aliphatic carbocycles.